The third kappa shape index (κ3) is 3.73. The van der Waals surface area contributed by atoms with Gasteiger partial charge in [0.2, 0.25) is 5.91 Å². The summed E-state index contributed by atoms with van der Waals surface area (Å²) in [5, 5.41) is 2.81. The first-order valence-electron chi connectivity index (χ1n) is 8.88. The maximum absolute atomic E-state index is 12.8. The number of hydrogen-bond donors (Lipinski definition) is 1. The Balaban J connectivity index is 1.78. The van der Waals surface area contributed by atoms with Crippen molar-refractivity contribution in [3.05, 3.63) is 46.4 Å². The van der Waals surface area contributed by atoms with Gasteiger partial charge in [0, 0.05) is 20.1 Å². The normalized spacial score (nSPS) is 20.9. The van der Waals surface area contributed by atoms with Gasteiger partial charge in [0.15, 0.2) is 0 Å². The number of nitrogens with zero attached hydrogens (tertiary/aromatic N) is 3. The standard InChI is InChI=1S/C19H26N4O3/c1-13-10-22(11-14(2)26-13)12-17(24)20-18-15(3)21(4)23(19(18)25)16-8-6-5-7-9-16/h5-9,13-14H,10-12H2,1-4H3,(H,20,24)/t13-,14-/m0/s1. The van der Waals surface area contributed by atoms with Crippen LogP contribution in [0.15, 0.2) is 35.1 Å². The Morgan fingerprint density at radius 1 is 1.19 bits per heavy atom. The molecular weight excluding hydrogens is 332 g/mol. The van der Waals surface area contributed by atoms with E-state index in [0.717, 1.165) is 11.4 Å². The van der Waals surface area contributed by atoms with E-state index >= 15 is 0 Å². The number of carbonyl (C=O) groups excluding carboxylic acids is 1. The molecule has 140 valence electrons. The number of hydrogen-bond acceptors (Lipinski definition) is 4. The monoisotopic (exact) mass is 358 g/mol. The number of para-hydroxylation sites is 1. The number of anilines is 1. The quantitative estimate of drug-likeness (QED) is 0.900. The second-order valence-electron chi connectivity index (χ2n) is 6.94. The largest absolute Gasteiger partial charge is 0.373 e. The minimum Gasteiger partial charge on any atom is -0.373 e. The van der Waals surface area contributed by atoms with E-state index in [1.165, 1.54) is 0 Å². The first kappa shape index (κ1) is 18.4. The van der Waals surface area contributed by atoms with Crippen LogP contribution in [0.5, 0.6) is 0 Å². The van der Waals surface area contributed by atoms with Crippen molar-refractivity contribution in [2.75, 3.05) is 25.0 Å². The number of ether oxygens (including phenoxy) is 1. The summed E-state index contributed by atoms with van der Waals surface area (Å²) in [5.74, 6) is -0.183. The lowest BCUT2D eigenvalue weighted by molar-refractivity contribution is -0.121. The molecule has 0 bridgehead atoms. The minimum absolute atomic E-state index is 0.0975. The molecule has 1 fully saturated rings. The molecule has 26 heavy (non-hydrogen) atoms. The lowest BCUT2D eigenvalue weighted by Gasteiger charge is -2.34. The summed E-state index contributed by atoms with van der Waals surface area (Å²) < 4.78 is 9.01. The molecule has 1 N–H and O–H groups in total. The molecule has 1 aromatic carbocycles. The Kier molecular flexibility index (Phi) is 5.29. The molecule has 1 saturated heterocycles. The van der Waals surface area contributed by atoms with Gasteiger partial charge in [0.25, 0.3) is 5.56 Å². The van der Waals surface area contributed by atoms with Crippen molar-refractivity contribution in [1.82, 2.24) is 14.3 Å². The summed E-state index contributed by atoms with van der Waals surface area (Å²) >= 11 is 0. The summed E-state index contributed by atoms with van der Waals surface area (Å²) in [4.78, 5) is 27.4. The average molecular weight is 358 g/mol. The highest BCUT2D eigenvalue weighted by atomic mass is 16.5. The number of carbonyl (C=O) groups is 1. The molecule has 0 saturated carbocycles. The Morgan fingerprint density at radius 2 is 1.81 bits per heavy atom. The molecule has 1 aliphatic heterocycles. The molecule has 1 amide bonds. The Morgan fingerprint density at radius 3 is 2.42 bits per heavy atom. The Labute approximate surface area is 153 Å². The highest BCUT2D eigenvalue weighted by molar-refractivity contribution is 5.92. The first-order valence-corrected chi connectivity index (χ1v) is 8.88. The van der Waals surface area contributed by atoms with E-state index < -0.39 is 0 Å². The molecule has 7 heteroatoms. The highest BCUT2D eigenvalue weighted by Crippen LogP contribution is 2.15. The van der Waals surface area contributed by atoms with Crippen LogP contribution < -0.4 is 10.9 Å². The molecule has 3 rings (SSSR count). The molecule has 0 unspecified atom stereocenters. The third-order valence-corrected chi connectivity index (χ3v) is 4.68. The maximum Gasteiger partial charge on any atom is 0.295 e. The van der Waals surface area contributed by atoms with Crippen molar-refractivity contribution in [2.45, 2.75) is 33.0 Å². The van der Waals surface area contributed by atoms with Crippen molar-refractivity contribution in [3.63, 3.8) is 0 Å². The number of nitrogens with one attached hydrogen (secondary N) is 1. The SMILES string of the molecule is Cc1c(NC(=O)CN2C[C@H](C)O[C@@H](C)C2)c(=O)n(-c2ccccc2)n1C. The van der Waals surface area contributed by atoms with Gasteiger partial charge in [-0.1, -0.05) is 18.2 Å². The maximum atomic E-state index is 12.8. The van der Waals surface area contributed by atoms with Crippen LogP contribution in [0.1, 0.15) is 19.5 Å². The van der Waals surface area contributed by atoms with Gasteiger partial charge in [-0.15, -0.1) is 0 Å². The van der Waals surface area contributed by atoms with E-state index in [1.807, 2.05) is 58.2 Å². The zero-order valence-corrected chi connectivity index (χ0v) is 15.7. The van der Waals surface area contributed by atoms with Gasteiger partial charge in [0.05, 0.1) is 30.1 Å². The summed E-state index contributed by atoms with van der Waals surface area (Å²) in [7, 11) is 1.81. The lowest BCUT2D eigenvalue weighted by atomic mass is 10.2. The van der Waals surface area contributed by atoms with Crippen LogP contribution in [-0.2, 0) is 16.6 Å². The molecule has 1 aromatic heterocycles. The molecule has 0 aliphatic carbocycles. The minimum atomic E-state index is -0.228. The van der Waals surface area contributed by atoms with Crippen LogP contribution in [0.2, 0.25) is 0 Å². The van der Waals surface area contributed by atoms with Gasteiger partial charge in [-0.2, -0.15) is 0 Å². The number of benzene rings is 1. The average Bonchev–Trinajstić information content (AvgIpc) is 2.78. The summed E-state index contributed by atoms with van der Waals surface area (Å²) in [6.45, 7) is 7.49. The van der Waals surface area contributed by atoms with Crippen LogP contribution in [0.4, 0.5) is 5.69 Å². The molecule has 1 aliphatic rings. The van der Waals surface area contributed by atoms with E-state index in [9.17, 15) is 9.59 Å². The fourth-order valence-corrected chi connectivity index (χ4v) is 3.51. The van der Waals surface area contributed by atoms with Crippen LogP contribution in [-0.4, -0.2) is 52.0 Å². The molecule has 0 radical (unpaired) electrons. The van der Waals surface area contributed by atoms with Crippen molar-refractivity contribution >= 4 is 11.6 Å². The van der Waals surface area contributed by atoms with Crippen LogP contribution >= 0.6 is 0 Å². The van der Waals surface area contributed by atoms with E-state index in [0.29, 0.717) is 18.8 Å². The van der Waals surface area contributed by atoms with E-state index in [1.54, 1.807) is 9.36 Å². The first-order chi connectivity index (χ1) is 12.4. The zero-order valence-electron chi connectivity index (χ0n) is 15.7. The zero-order chi connectivity index (χ0) is 18.8. The van der Waals surface area contributed by atoms with E-state index in [2.05, 4.69) is 10.2 Å². The van der Waals surface area contributed by atoms with Crippen LogP contribution in [0.3, 0.4) is 0 Å². The highest BCUT2D eigenvalue weighted by Gasteiger charge is 2.25. The topological polar surface area (TPSA) is 68.5 Å². The van der Waals surface area contributed by atoms with Crippen LogP contribution in [0, 0.1) is 6.92 Å². The second kappa shape index (κ2) is 7.47. The van der Waals surface area contributed by atoms with Gasteiger partial charge < -0.3 is 10.1 Å². The predicted octanol–water partition coefficient (Wildman–Crippen LogP) is 1.53. The molecule has 2 atom stereocenters. The van der Waals surface area contributed by atoms with Gasteiger partial charge in [-0.05, 0) is 32.9 Å². The summed E-state index contributed by atoms with van der Waals surface area (Å²) in [6, 6.07) is 9.38. The fourth-order valence-electron chi connectivity index (χ4n) is 3.51. The summed E-state index contributed by atoms with van der Waals surface area (Å²) in [6.07, 6.45) is 0.195. The number of aromatic nitrogens is 2. The third-order valence-electron chi connectivity index (χ3n) is 4.68. The van der Waals surface area contributed by atoms with Crippen molar-refractivity contribution in [3.8, 4) is 5.69 Å². The van der Waals surface area contributed by atoms with E-state index in [4.69, 9.17) is 4.74 Å². The molecule has 0 spiro atoms. The Hall–Kier alpha value is -2.38. The Bertz CT molecular complexity index is 830. The molecular formula is C19H26N4O3. The fraction of sp³-hybridized carbons (Fsp3) is 0.474. The van der Waals surface area contributed by atoms with Crippen molar-refractivity contribution in [2.24, 2.45) is 7.05 Å². The van der Waals surface area contributed by atoms with E-state index in [-0.39, 0.29) is 30.2 Å². The molecule has 7 nitrogen and oxygen atoms in total. The van der Waals surface area contributed by atoms with Gasteiger partial charge in [-0.3, -0.25) is 19.2 Å². The van der Waals surface area contributed by atoms with Crippen molar-refractivity contribution in [1.29, 1.82) is 0 Å². The molecule has 2 heterocycles. The van der Waals surface area contributed by atoms with Crippen LogP contribution in [0.25, 0.3) is 5.69 Å². The second-order valence-corrected chi connectivity index (χ2v) is 6.94. The smallest absolute Gasteiger partial charge is 0.295 e. The lowest BCUT2D eigenvalue weighted by Crippen LogP contribution is -2.48. The van der Waals surface area contributed by atoms with Crippen molar-refractivity contribution < 1.29 is 9.53 Å². The number of amides is 1. The summed E-state index contributed by atoms with van der Waals surface area (Å²) in [5.41, 5.74) is 1.58. The molecule has 2 aromatic rings. The number of rotatable bonds is 4. The predicted molar refractivity (Wildman–Crippen MR) is 101 cm³/mol. The van der Waals surface area contributed by atoms with Gasteiger partial charge in [0.1, 0.15) is 5.69 Å². The van der Waals surface area contributed by atoms with Gasteiger partial charge >= 0.3 is 0 Å². The number of morpholine rings is 1. The van der Waals surface area contributed by atoms with Gasteiger partial charge in [-0.25, -0.2) is 4.68 Å².